The number of rotatable bonds is 9. The van der Waals surface area contributed by atoms with E-state index in [2.05, 4.69) is 0 Å². The molecule has 1 saturated heterocycles. The fourth-order valence-electron chi connectivity index (χ4n) is 4.79. The third-order valence-corrected chi connectivity index (χ3v) is 8.75. The summed E-state index contributed by atoms with van der Waals surface area (Å²) in [5.74, 6) is -1.24. The van der Waals surface area contributed by atoms with Crippen molar-refractivity contribution in [1.82, 2.24) is 8.87 Å². The Balaban J connectivity index is 1.74. The third-order valence-electron chi connectivity index (χ3n) is 6.86. The molecule has 1 aliphatic heterocycles. The third kappa shape index (κ3) is 5.95. The van der Waals surface area contributed by atoms with Crippen molar-refractivity contribution in [3.05, 3.63) is 82.3 Å². The predicted octanol–water partition coefficient (Wildman–Crippen LogP) is 4.59. The number of sulfonamides is 1. The Morgan fingerprint density at radius 3 is 2.33 bits per heavy atom. The number of carbonyl (C=O) groups excluding carboxylic acids is 1. The summed E-state index contributed by atoms with van der Waals surface area (Å²) in [6, 6.07) is 10.7. The van der Waals surface area contributed by atoms with E-state index in [0.29, 0.717) is 37.1 Å². The maximum absolute atomic E-state index is 14.9. The number of allylic oxidation sites excluding steroid dienone is 2. The van der Waals surface area contributed by atoms with Crippen molar-refractivity contribution in [3.63, 3.8) is 0 Å². The predicted molar refractivity (Wildman–Crippen MR) is 140 cm³/mol. The first-order valence-corrected chi connectivity index (χ1v) is 14.2. The topological polar surface area (TPSA) is 85.7 Å². The quantitative estimate of drug-likeness (QED) is 0.445. The molecule has 4 rings (SSSR count). The van der Waals surface area contributed by atoms with E-state index in [4.69, 9.17) is 4.74 Å². The maximum Gasteiger partial charge on any atom is 0.422 e. The molecule has 0 spiro atoms. The Morgan fingerprint density at radius 1 is 1.05 bits per heavy atom. The number of ether oxygens (including phenoxy) is 1. The van der Waals surface area contributed by atoms with Gasteiger partial charge in [0, 0.05) is 37.3 Å². The minimum absolute atomic E-state index is 0.196. The Morgan fingerprint density at radius 2 is 1.72 bits per heavy atom. The molecular weight excluding hydrogens is 533 g/mol. The molecule has 0 N–H and O–H groups in total. The molecule has 1 unspecified atom stereocenters. The molecule has 39 heavy (non-hydrogen) atoms. The molecule has 2 aromatic rings. The molecule has 210 valence electrons. The number of hydrogen-bond donors (Lipinski definition) is 0. The molecule has 1 aromatic carbocycles. The number of carbonyl (C=O) groups is 1. The maximum atomic E-state index is 14.9. The highest BCUT2D eigenvalue weighted by molar-refractivity contribution is 7.89. The summed E-state index contributed by atoms with van der Waals surface area (Å²) in [5.41, 5.74) is -3.35. The number of halogens is 3. The number of benzene rings is 1. The van der Waals surface area contributed by atoms with Gasteiger partial charge in [0.15, 0.2) is 11.4 Å². The van der Waals surface area contributed by atoms with Crippen LogP contribution in [0.2, 0.25) is 0 Å². The smallest absolute Gasteiger partial charge is 0.360 e. The summed E-state index contributed by atoms with van der Waals surface area (Å²) in [4.78, 5) is 25.9. The zero-order valence-corrected chi connectivity index (χ0v) is 22.6. The van der Waals surface area contributed by atoms with Crippen molar-refractivity contribution in [2.24, 2.45) is 5.92 Å². The molecule has 2 aliphatic rings. The van der Waals surface area contributed by atoms with Gasteiger partial charge in [-0.2, -0.15) is 17.5 Å². The second-order valence-corrected chi connectivity index (χ2v) is 12.1. The molecule has 11 heteroatoms. The number of aromatic nitrogens is 1. The van der Waals surface area contributed by atoms with Crippen LogP contribution in [-0.2, 0) is 26.1 Å². The Kier molecular flexibility index (Phi) is 8.34. The molecule has 1 fully saturated rings. The number of pyridine rings is 1. The SMILES string of the molecule is CC(C)COC1(C(F)(F)F)CC(c2ccccc2)=CC=C1C(=O)Cn1cc(S(=O)(=O)N2CCCC2)ccc1=O. The number of alkyl halides is 3. The molecule has 0 saturated carbocycles. The van der Waals surface area contributed by atoms with Crippen LogP contribution < -0.4 is 5.56 Å². The van der Waals surface area contributed by atoms with Crippen LogP contribution in [0.5, 0.6) is 0 Å². The van der Waals surface area contributed by atoms with Crippen LogP contribution >= 0.6 is 0 Å². The van der Waals surface area contributed by atoms with Gasteiger partial charge in [-0.15, -0.1) is 0 Å². The van der Waals surface area contributed by atoms with E-state index in [-0.39, 0.29) is 17.4 Å². The van der Waals surface area contributed by atoms with Gasteiger partial charge >= 0.3 is 6.18 Å². The van der Waals surface area contributed by atoms with Crippen LogP contribution in [0.1, 0.15) is 38.7 Å². The van der Waals surface area contributed by atoms with Gasteiger partial charge in [0.1, 0.15) is 0 Å². The lowest BCUT2D eigenvalue weighted by molar-refractivity contribution is -0.262. The molecule has 0 radical (unpaired) electrons. The van der Waals surface area contributed by atoms with Crippen LogP contribution in [0.25, 0.3) is 5.57 Å². The normalized spacial score (nSPS) is 20.7. The second kappa shape index (κ2) is 11.2. The summed E-state index contributed by atoms with van der Waals surface area (Å²) in [6.45, 7) is 3.06. The number of Topliss-reactive ketones (excluding diaryl/α,β-unsaturated/α-hetero) is 1. The molecule has 1 aromatic heterocycles. The van der Waals surface area contributed by atoms with Crippen LogP contribution in [0.3, 0.4) is 0 Å². The van der Waals surface area contributed by atoms with E-state index in [1.165, 1.54) is 10.4 Å². The standard InChI is InChI=1S/C28H31F3N2O5S/c1-20(2)19-38-27(28(29,30)31)16-22(21-8-4-3-5-9-21)10-12-24(27)25(34)18-32-17-23(11-13-26(32)35)39(36,37)33-14-6-7-15-33/h3-5,8-13,17,20H,6-7,14-16,18-19H2,1-2H3. The van der Waals surface area contributed by atoms with Crippen molar-refractivity contribution >= 4 is 21.4 Å². The van der Waals surface area contributed by atoms with Crippen molar-refractivity contribution in [1.29, 1.82) is 0 Å². The summed E-state index contributed by atoms with van der Waals surface area (Å²) in [7, 11) is -3.91. The second-order valence-electron chi connectivity index (χ2n) is 10.2. The van der Waals surface area contributed by atoms with Crippen molar-refractivity contribution < 1.29 is 31.1 Å². The number of ketones is 1. The summed E-state index contributed by atoms with van der Waals surface area (Å²) in [5, 5.41) is 0. The first-order chi connectivity index (χ1) is 18.3. The van der Waals surface area contributed by atoms with Crippen LogP contribution in [-0.4, -0.2) is 54.5 Å². The summed E-state index contributed by atoms with van der Waals surface area (Å²) >= 11 is 0. The van der Waals surface area contributed by atoms with Gasteiger partial charge in [-0.1, -0.05) is 56.3 Å². The van der Waals surface area contributed by atoms with E-state index in [1.807, 2.05) is 0 Å². The molecule has 7 nitrogen and oxygen atoms in total. The van der Waals surface area contributed by atoms with Crippen molar-refractivity contribution in [2.75, 3.05) is 19.7 Å². The molecule has 2 heterocycles. The first-order valence-electron chi connectivity index (χ1n) is 12.8. The largest absolute Gasteiger partial charge is 0.422 e. The fraction of sp³-hybridized carbons (Fsp3) is 0.429. The highest BCUT2D eigenvalue weighted by Crippen LogP contribution is 2.48. The lowest BCUT2D eigenvalue weighted by atomic mass is 9.77. The van der Waals surface area contributed by atoms with Crippen LogP contribution in [0, 0.1) is 5.92 Å². The summed E-state index contributed by atoms with van der Waals surface area (Å²) in [6.07, 6.45) is -0.570. The average Bonchev–Trinajstić information content (AvgIpc) is 3.44. The van der Waals surface area contributed by atoms with E-state index < -0.39 is 51.7 Å². The lowest BCUT2D eigenvalue weighted by Crippen LogP contribution is -2.53. The zero-order valence-electron chi connectivity index (χ0n) is 21.8. The Hall–Kier alpha value is -3.02. The van der Waals surface area contributed by atoms with Gasteiger partial charge in [-0.05, 0) is 36.0 Å². The molecule has 1 aliphatic carbocycles. The van der Waals surface area contributed by atoms with Crippen molar-refractivity contribution in [2.45, 2.75) is 56.3 Å². The van der Waals surface area contributed by atoms with Gasteiger partial charge in [0.05, 0.1) is 18.0 Å². The number of hydrogen-bond acceptors (Lipinski definition) is 5. The van der Waals surface area contributed by atoms with E-state index in [1.54, 1.807) is 44.2 Å². The minimum Gasteiger partial charge on any atom is -0.360 e. The first kappa shape index (κ1) is 29.0. The van der Waals surface area contributed by atoms with Gasteiger partial charge in [0.2, 0.25) is 10.0 Å². The van der Waals surface area contributed by atoms with E-state index in [0.717, 1.165) is 29.0 Å². The number of nitrogens with zero attached hydrogens (tertiary/aromatic N) is 2. The average molecular weight is 565 g/mol. The molecular formula is C28H31F3N2O5S. The van der Waals surface area contributed by atoms with Gasteiger partial charge in [-0.25, -0.2) is 8.42 Å². The lowest BCUT2D eigenvalue weighted by Gasteiger charge is -2.40. The Bertz CT molecular complexity index is 1440. The minimum atomic E-state index is -4.95. The van der Waals surface area contributed by atoms with Gasteiger partial charge in [-0.3, -0.25) is 9.59 Å². The summed E-state index contributed by atoms with van der Waals surface area (Å²) < 4.78 is 78.2. The van der Waals surface area contributed by atoms with Crippen LogP contribution in [0.15, 0.2) is 76.1 Å². The highest BCUT2D eigenvalue weighted by atomic mass is 32.2. The van der Waals surface area contributed by atoms with Gasteiger partial charge in [0.25, 0.3) is 5.56 Å². The zero-order chi connectivity index (χ0) is 28.4. The molecule has 0 amide bonds. The van der Waals surface area contributed by atoms with Crippen molar-refractivity contribution in [3.8, 4) is 0 Å². The van der Waals surface area contributed by atoms with Crippen LogP contribution in [0.4, 0.5) is 13.2 Å². The van der Waals surface area contributed by atoms with E-state index >= 15 is 0 Å². The molecule has 1 atom stereocenters. The Labute approximate surface area is 225 Å². The molecule has 0 bridgehead atoms. The van der Waals surface area contributed by atoms with Gasteiger partial charge < -0.3 is 9.30 Å². The van der Waals surface area contributed by atoms with E-state index in [9.17, 15) is 31.2 Å². The monoisotopic (exact) mass is 564 g/mol. The fourth-order valence-corrected chi connectivity index (χ4v) is 6.32. The highest BCUT2D eigenvalue weighted by Gasteiger charge is 2.61.